The van der Waals surface area contributed by atoms with Crippen LogP contribution in [-0.2, 0) is 4.79 Å². The number of carbonyl (C=O) groups is 1. The van der Waals surface area contributed by atoms with E-state index in [-0.39, 0.29) is 5.91 Å². The van der Waals surface area contributed by atoms with Gasteiger partial charge in [-0.1, -0.05) is 46.6 Å². The molecule has 110 valence electrons. The van der Waals surface area contributed by atoms with Gasteiger partial charge in [0.15, 0.2) is 6.10 Å². The number of carbonyl (C=O) groups excluding carboxylic acids is 1. The average Bonchev–Trinajstić information content (AvgIpc) is 2.46. The Morgan fingerprint density at radius 1 is 1.24 bits per heavy atom. The zero-order valence-corrected chi connectivity index (χ0v) is 13.7. The second-order valence-corrected chi connectivity index (χ2v) is 5.74. The van der Waals surface area contributed by atoms with E-state index in [4.69, 9.17) is 4.74 Å². The van der Waals surface area contributed by atoms with Crippen molar-refractivity contribution in [1.29, 1.82) is 0 Å². The summed E-state index contributed by atoms with van der Waals surface area (Å²) in [6.07, 6.45) is 0.0972. The van der Waals surface area contributed by atoms with Crippen LogP contribution in [0.2, 0.25) is 0 Å². The number of hydrogen-bond donors (Lipinski definition) is 1. The SMILES string of the molecule is CC[C@@H](Oc1ccc(C)cc1)C(=O)Nc1cccc(Br)c1. The monoisotopic (exact) mass is 347 g/mol. The van der Waals surface area contributed by atoms with Crippen LogP contribution in [0.25, 0.3) is 0 Å². The molecule has 0 unspecified atom stereocenters. The summed E-state index contributed by atoms with van der Waals surface area (Å²) in [7, 11) is 0. The molecule has 0 aliphatic heterocycles. The summed E-state index contributed by atoms with van der Waals surface area (Å²) < 4.78 is 6.68. The summed E-state index contributed by atoms with van der Waals surface area (Å²) in [5, 5.41) is 2.87. The third-order valence-corrected chi connectivity index (χ3v) is 3.55. The highest BCUT2D eigenvalue weighted by Crippen LogP contribution is 2.18. The van der Waals surface area contributed by atoms with Gasteiger partial charge in [-0.2, -0.15) is 0 Å². The Balaban J connectivity index is 2.03. The maximum Gasteiger partial charge on any atom is 0.265 e. The number of benzene rings is 2. The lowest BCUT2D eigenvalue weighted by Gasteiger charge is -2.17. The molecule has 0 aliphatic rings. The molecule has 1 amide bonds. The van der Waals surface area contributed by atoms with Gasteiger partial charge < -0.3 is 10.1 Å². The maximum absolute atomic E-state index is 12.3. The largest absolute Gasteiger partial charge is 0.481 e. The van der Waals surface area contributed by atoms with Crippen molar-refractivity contribution in [2.75, 3.05) is 5.32 Å². The first-order valence-corrected chi connectivity index (χ1v) is 7.67. The Bertz CT molecular complexity index is 610. The average molecular weight is 348 g/mol. The second-order valence-electron chi connectivity index (χ2n) is 4.83. The summed E-state index contributed by atoms with van der Waals surface area (Å²) in [6.45, 7) is 3.94. The zero-order valence-electron chi connectivity index (χ0n) is 12.1. The molecule has 3 nitrogen and oxygen atoms in total. The minimum absolute atomic E-state index is 0.142. The van der Waals surface area contributed by atoms with E-state index in [1.54, 1.807) is 0 Å². The Labute approximate surface area is 133 Å². The first-order chi connectivity index (χ1) is 10.1. The van der Waals surface area contributed by atoms with Gasteiger partial charge in [-0.15, -0.1) is 0 Å². The molecule has 2 aromatic rings. The molecule has 0 radical (unpaired) electrons. The highest BCUT2D eigenvalue weighted by atomic mass is 79.9. The Morgan fingerprint density at radius 3 is 2.57 bits per heavy atom. The molecule has 4 heteroatoms. The van der Waals surface area contributed by atoms with E-state index in [1.165, 1.54) is 0 Å². The fourth-order valence-electron chi connectivity index (χ4n) is 1.89. The lowest BCUT2D eigenvalue weighted by molar-refractivity contribution is -0.122. The van der Waals surface area contributed by atoms with Crippen LogP contribution in [0.3, 0.4) is 0 Å². The number of hydrogen-bond acceptors (Lipinski definition) is 2. The Morgan fingerprint density at radius 2 is 1.95 bits per heavy atom. The zero-order chi connectivity index (χ0) is 15.2. The van der Waals surface area contributed by atoms with E-state index in [0.29, 0.717) is 12.2 Å². The van der Waals surface area contributed by atoms with Crippen LogP contribution in [0, 0.1) is 6.92 Å². The molecule has 0 bridgehead atoms. The number of anilines is 1. The van der Waals surface area contributed by atoms with Gasteiger partial charge in [-0.3, -0.25) is 4.79 Å². The molecule has 0 heterocycles. The van der Waals surface area contributed by atoms with Crippen molar-refractivity contribution in [1.82, 2.24) is 0 Å². The summed E-state index contributed by atoms with van der Waals surface area (Å²) >= 11 is 3.38. The Hall–Kier alpha value is -1.81. The van der Waals surface area contributed by atoms with Crippen molar-refractivity contribution >= 4 is 27.5 Å². The van der Waals surface area contributed by atoms with Crippen LogP contribution in [-0.4, -0.2) is 12.0 Å². The van der Waals surface area contributed by atoms with Crippen LogP contribution < -0.4 is 10.1 Å². The molecular formula is C17H18BrNO2. The topological polar surface area (TPSA) is 38.3 Å². The molecule has 0 aliphatic carbocycles. The first-order valence-electron chi connectivity index (χ1n) is 6.88. The number of halogens is 1. The number of rotatable bonds is 5. The number of nitrogens with one attached hydrogen (secondary N) is 1. The van der Waals surface area contributed by atoms with Gasteiger partial charge in [0, 0.05) is 10.2 Å². The molecule has 0 aromatic heterocycles. The molecule has 0 saturated carbocycles. The summed E-state index contributed by atoms with van der Waals surface area (Å²) in [5.41, 5.74) is 1.91. The molecule has 1 atom stereocenters. The lowest BCUT2D eigenvalue weighted by Crippen LogP contribution is -2.32. The molecule has 0 saturated heterocycles. The smallest absolute Gasteiger partial charge is 0.265 e. The van der Waals surface area contributed by atoms with Crippen molar-refractivity contribution in [2.24, 2.45) is 0 Å². The summed E-state index contributed by atoms with van der Waals surface area (Å²) in [5.74, 6) is 0.563. The molecule has 2 rings (SSSR count). The maximum atomic E-state index is 12.3. The van der Waals surface area contributed by atoms with Gasteiger partial charge in [0.1, 0.15) is 5.75 Å². The number of aryl methyl sites for hydroxylation is 1. The molecule has 1 N–H and O–H groups in total. The predicted octanol–water partition coefficient (Wildman–Crippen LogP) is 4.55. The predicted molar refractivity (Wildman–Crippen MR) is 88.7 cm³/mol. The first kappa shape index (κ1) is 15.6. The van der Waals surface area contributed by atoms with Gasteiger partial charge in [0.2, 0.25) is 0 Å². The highest BCUT2D eigenvalue weighted by Gasteiger charge is 2.18. The van der Waals surface area contributed by atoms with E-state index >= 15 is 0 Å². The second kappa shape index (κ2) is 7.27. The lowest BCUT2D eigenvalue weighted by atomic mass is 10.2. The van der Waals surface area contributed by atoms with Crippen molar-refractivity contribution in [2.45, 2.75) is 26.4 Å². The summed E-state index contributed by atoms with van der Waals surface area (Å²) in [4.78, 5) is 12.3. The van der Waals surface area contributed by atoms with Gasteiger partial charge in [0.05, 0.1) is 0 Å². The van der Waals surface area contributed by atoms with Gasteiger partial charge in [0.25, 0.3) is 5.91 Å². The fraction of sp³-hybridized carbons (Fsp3) is 0.235. The number of ether oxygens (including phenoxy) is 1. The molecule has 2 aromatic carbocycles. The van der Waals surface area contributed by atoms with E-state index < -0.39 is 6.10 Å². The van der Waals surface area contributed by atoms with E-state index in [9.17, 15) is 4.79 Å². The van der Waals surface area contributed by atoms with E-state index in [1.807, 2.05) is 62.4 Å². The van der Waals surface area contributed by atoms with Crippen LogP contribution in [0.15, 0.2) is 53.0 Å². The van der Waals surface area contributed by atoms with Gasteiger partial charge in [-0.25, -0.2) is 0 Å². The van der Waals surface area contributed by atoms with Gasteiger partial charge in [-0.05, 0) is 43.7 Å². The van der Waals surface area contributed by atoms with Crippen molar-refractivity contribution < 1.29 is 9.53 Å². The fourth-order valence-corrected chi connectivity index (χ4v) is 2.29. The van der Waals surface area contributed by atoms with Crippen LogP contribution >= 0.6 is 15.9 Å². The molecule has 0 fully saturated rings. The van der Waals surface area contributed by atoms with Crippen molar-refractivity contribution in [3.63, 3.8) is 0 Å². The van der Waals surface area contributed by atoms with E-state index in [2.05, 4.69) is 21.2 Å². The minimum Gasteiger partial charge on any atom is -0.481 e. The Kier molecular flexibility index (Phi) is 5.39. The number of amides is 1. The molecule has 0 spiro atoms. The minimum atomic E-state index is -0.508. The third-order valence-electron chi connectivity index (χ3n) is 3.05. The van der Waals surface area contributed by atoms with Crippen molar-refractivity contribution in [3.05, 3.63) is 58.6 Å². The molecular weight excluding hydrogens is 330 g/mol. The summed E-state index contributed by atoms with van der Waals surface area (Å²) in [6, 6.07) is 15.2. The van der Waals surface area contributed by atoms with Gasteiger partial charge >= 0.3 is 0 Å². The van der Waals surface area contributed by atoms with Crippen molar-refractivity contribution in [3.8, 4) is 5.75 Å². The van der Waals surface area contributed by atoms with Crippen LogP contribution in [0.1, 0.15) is 18.9 Å². The van der Waals surface area contributed by atoms with Crippen LogP contribution in [0.4, 0.5) is 5.69 Å². The normalized spacial score (nSPS) is 11.8. The quantitative estimate of drug-likeness (QED) is 0.861. The highest BCUT2D eigenvalue weighted by molar-refractivity contribution is 9.10. The third kappa shape index (κ3) is 4.60. The van der Waals surface area contributed by atoms with Crippen LogP contribution in [0.5, 0.6) is 5.75 Å². The molecule has 21 heavy (non-hydrogen) atoms. The van der Waals surface area contributed by atoms with E-state index in [0.717, 1.165) is 15.7 Å². The standard InChI is InChI=1S/C17H18BrNO2/c1-3-16(21-15-9-7-12(2)8-10-15)17(20)19-14-6-4-5-13(18)11-14/h4-11,16H,3H2,1-2H3,(H,19,20)/t16-/m1/s1.